The van der Waals surface area contributed by atoms with Gasteiger partial charge in [0.05, 0.1) is 6.04 Å². The molecule has 5 rings (SSSR count). The van der Waals surface area contributed by atoms with E-state index in [1.54, 1.807) is 6.07 Å². The van der Waals surface area contributed by atoms with E-state index >= 15 is 0 Å². The highest BCUT2D eigenvalue weighted by molar-refractivity contribution is 6.32. The first kappa shape index (κ1) is 19.0. The maximum Gasteiger partial charge on any atom is 0.213 e. The Kier molecular flexibility index (Phi) is 5.07. The Morgan fingerprint density at radius 2 is 1.52 bits per heavy atom. The molecule has 2 aliphatic rings. The van der Waals surface area contributed by atoms with E-state index in [4.69, 9.17) is 23.2 Å². The van der Waals surface area contributed by atoms with Gasteiger partial charge in [-0.2, -0.15) is 4.39 Å². The molecule has 5 heteroatoms. The summed E-state index contributed by atoms with van der Waals surface area (Å²) in [5.41, 5.74) is 2.97. The fourth-order valence-electron chi connectivity index (χ4n) is 5.26. The second-order valence-corrected chi connectivity index (χ2v) is 8.73. The molecular formula is C24H21Cl2FN2. The number of fused-ring (bicyclic) bond motifs is 2. The van der Waals surface area contributed by atoms with E-state index in [9.17, 15) is 4.39 Å². The fraction of sp³-hybridized carbons (Fsp3) is 0.292. The normalized spacial score (nSPS) is 23.8. The van der Waals surface area contributed by atoms with Crippen LogP contribution in [0.4, 0.5) is 4.39 Å². The van der Waals surface area contributed by atoms with E-state index in [0.717, 1.165) is 46.1 Å². The van der Waals surface area contributed by atoms with Gasteiger partial charge in [0.15, 0.2) is 0 Å². The predicted molar refractivity (Wildman–Crippen MR) is 115 cm³/mol. The van der Waals surface area contributed by atoms with Gasteiger partial charge >= 0.3 is 0 Å². The Balaban J connectivity index is 1.60. The molecule has 1 aromatic heterocycles. The van der Waals surface area contributed by atoms with E-state index in [2.05, 4.69) is 22.0 Å². The third-order valence-electron chi connectivity index (χ3n) is 6.41. The van der Waals surface area contributed by atoms with Crippen molar-refractivity contribution in [2.24, 2.45) is 0 Å². The minimum absolute atomic E-state index is 0.0338. The fourth-order valence-corrected chi connectivity index (χ4v) is 5.74. The third-order valence-corrected chi connectivity index (χ3v) is 7.09. The van der Waals surface area contributed by atoms with Crippen LogP contribution in [0.1, 0.15) is 48.0 Å². The van der Waals surface area contributed by atoms with Crippen LogP contribution in [0.15, 0.2) is 66.7 Å². The molecule has 0 amide bonds. The molecule has 2 nitrogen and oxygen atoms in total. The number of hydrogen-bond donors (Lipinski definition) is 0. The third kappa shape index (κ3) is 3.35. The Morgan fingerprint density at radius 1 is 0.862 bits per heavy atom. The standard InChI is InChI=1S/C24H21Cl2FN2/c25-19-8-3-1-6-16(19)24(17-7-2-4-9-20(17)26)29-15-12-13-22(29)18(14-15)21-10-5-11-23(27)28-21/h1-11,15,18,22,24H,12-14H2. The summed E-state index contributed by atoms with van der Waals surface area (Å²) in [6.45, 7) is 0. The van der Waals surface area contributed by atoms with E-state index in [0.29, 0.717) is 6.04 Å². The molecule has 2 aliphatic heterocycles. The lowest BCUT2D eigenvalue weighted by molar-refractivity contribution is 0.199. The average Bonchev–Trinajstić information content (AvgIpc) is 3.29. The Morgan fingerprint density at radius 3 is 2.14 bits per heavy atom. The van der Waals surface area contributed by atoms with E-state index in [1.165, 1.54) is 6.07 Å². The van der Waals surface area contributed by atoms with Crippen molar-refractivity contribution >= 4 is 23.2 Å². The van der Waals surface area contributed by atoms with Gasteiger partial charge in [-0.25, -0.2) is 4.98 Å². The monoisotopic (exact) mass is 426 g/mol. The SMILES string of the molecule is Fc1cccc(C2CC3CCC2N3C(c2ccccc2Cl)c2ccccc2Cl)n1. The number of hydrogen-bond acceptors (Lipinski definition) is 2. The second-order valence-electron chi connectivity index (χ2n) is 7.92. The minimum Gasteiger partial charge on any atom is -0.286 e. The van der Waals surface area contributed by atoms with Crippen molar-refractivity contribution in [3.05, 3.63) is 99.5 Å². The Hall–Kier alpha value is -1.94. The van der Waals surface area contributed by atoms with Gasteiger partial charge in [-0.15, -0.1) is 0 Å². The summed E-state index contributed by atoms with van der Waals surface area (Å²) in [6.07, 6.45) is 3.17. The topological polar surface area (TPSA) is 16.1 Å². The van der Waals surface area contributed by atoms with E-state index in [1.807, 2.05) is 42.5 Å². The van der Waals surface area contributed by atoms with Gasteiger partial charge in [0, 0.05) is 33.7 Å². The summed E-state index contributed by atoms with van der Waals surface area (Å²) in [5, 5.41) is 1.48. The number of rotatable bonds is 4. The first-order valence-electron chi connectivity index (χ1n) is 10.0. The summed E-state index contributed by atoms with van der Waals surface area (Å²) in [5.74, 6) is -0.192. The molecule has 0 saturated carbocycles. The van der Waals surface area contributed by atoms with Crippen LogP contribution in [0.2, 0.25) is 10.0 Å². The zero-order valence-corrected chi connectivity index (χ0v) is 17.3. The summed E-state index contributed by atoms with van der Waals surface area (Å²) >= 11 is 13.3. The molecule has 0 aliphatic carbocycles. The molecular weight excluding hydrogens is 406 g/mol. The van der Waals surface area contributed by atoms with Crippen molar-refractivity contribution < 1.29 is 4.39 Å². The lowest BCUT2D eigenvalue weighted by atomic mass is 9.86. The zero-order chi connectivity index (χ0) is 20.0. The molecule has 2 aromatic carbocycles. The molecule has 3 aromatic rings. The lowest BCUT2D eigenvalue weighted by Crippen LogP contribution is -2.35. The predicted octanol–water partition coefficient (Wildman–Crippen LogP) is 6.64. The van der Waals surface area contributed by atoms with Gasteiger partial charge in [-0.1, -0.05) is 65.7 Å². The lowest BCUT2D eigenvalue weighted by Gasteiger charge is -2.34. The molecule has 29 heavy (non-hydrogen) atoms. The summed E-state index contributed by atoms with van der Waals surface area (Å²) < 4.78 is 13.8. The Labute approximate surface area is 180 Å². The van der Waals surface area contributed by atoms with Gasteiger partial charge in [0.2, 0.25) is 5.95 Å². The molecule has 3 atom stereocenters. The van der Waals surface area contributed by atoms with Crippen molar-refractivity contribution in [1.82, 2.24) is 9.88 Å². The highest BCUT2D eigenvalue weighted by atomic mass is 35.5. The molecule has 0 radical (unpaired) electrons. The number of pyridine rings is 1. The van der Waals surface area contributed by atoms with Gasteiger partial charge in [0.1, 0.15) is 0 Å². The molecule has 0 spiro atoms. The summed E-state index contributed by atoms with van der Waals surface area (Å²) in [6, 6.07) is 21.8. The molecule has 2 bridgehead atoms. The smallest absolute Gasteiger partial charge is 0.213 e. The van der Waals surface area contributed by atoms with Crippen molar-refractivity contribution in [2.45, 2.75) is 43.3 Å². The van der Waals surface area contributed by atoms with Crippen molar-refractivity contribution in [2.75, 3.05) is 0 Å². The first-order valence-corrected chi connectivity index (χ1v) is 10.8. The quantitative estimate of drug-likeness (QED) is 0.434. The maximum absolute atomic E-state index is 13.8. The van der Waals surface area contributed by atoms with Gasteiger partial charge in [0.25, 0.3) is 0 Å². The van der Waals surface area contributed by atoms with Crippen molar-refractivity contribution in [1.29, 1.82) is 0 Å². The number of aromatic nitrogens is 1. The second kappa shape index (κ2) is 7.71. The van der Waals surface area contributed by atoms with Crippen molar-refractivity contribution in [3.63, 3.8) is 0 Å². The molecule has 3 unspecified atom stereocenters. The number of benzene rings is 2. The van der Waals surface area contributed by atoms with E-state index in [-0.39, 0.29) is 18.0 Å². The van der Waals surface area contributed by atoms with Crippen LogP contribution in [0.5, 0.6) is 0 Å². The van der Waals surface area contributed by atoms with Crippen molar-refractivity contribution in [3.8, 4) is 0 Å². The minimum atomic E-state index is -0.411. The van der Waals surface area contributed by atoms with Gasteiger partial charge in [-0.3, -0.25) is 4.90 Å². The number of nitrogens with zero attached hydrogens (tertiary/aromatic N) is 2. The maximum atomic E-state index is 13.8. The van der Waals surface area contributed by atoms with E-state index < -0.39 is 5.95 Å². The van der Waals surface area contributed by atoms with Crippen LogP contribution in [-0.2, 0) is 0 Å². The van der Waals surface area contributed by atoms with Crippen LogP contribution in [0.3, 0.4) is 0 Å². The van der Waals surface area contributed by atoms with Gasteiger partial charge in [-0.05, 0) is 54.7 Å². The Bertz CT molecular complexity index is 995. The highest BCUT2D eigenvalue weighted by Crippen LogP contribution is 2.52. The first-order chi connectivity index (χ1) is 14.1. The zero-order valence-electron chi connectivity index (χ0n) is 15.8. The number of halogens is 3. The van der Waals surface area contributed by atoms with Crippen LogP contribution in [0, 0.1) is 5.95 Å². The molecule has 2 saturated heterocycles. The van der Waals surface area contributed by atoms with Crippen LogP contribution in [0.25, 0.3) is 0 Å². The molecule has 3 heterocycles. The van der Waals surface area contributed by atoms with Crippen LogP contribution in [-0.4, -0.2) is 22.0 Å². The molecule has 148 valence electrons. The van der Waals surface area contributed by atoms with Crippen LogP contribution < -0.4 is 0 Å². The van der Waals surface area contributed by atoms with Crippen LogP contribution >= 0.6 is 23.2 Å². The summed E-state index contributed by atoms with van der Waals surface area (Å²) in [4.78, 5) is 6.76. The molecule has 2 fully saturated rings. The largest absolute Gasteiger partial charge is 0.286 e. The average molecular weight is 427 g/mol. The van der Waals surface area contributed by atoms with Gasteiger partial charge < -0.3 is 0 Å². The summed E-state index contributed by atoms with van der Waals surface area (Å²) in [7, 11) is 0. The molecule has 0 N–H and O–H groups in total. The highest BCUT2D eigenvalue weighted by Gasteiger charge is 2.50.